The van der Waals surface area contributed by atoms with Crippen molar-refractivity contribution in [2.75, 3.05) is 5.73 Å². The summed E-state index contributed by atoms with van der Waals surface area (Å²) in [5.41, 5.74) is 2.72. The maximum absolute atomic E-state index is 7.98. The molecule has 0 aliphatic carbocycles. The van der Waals surface area contributed by atoms with Crippen LogP contribution in [0.1, 0.15) is 47.3 Å². The lowest BCUT2D eigenvalue weighted by Crippen LogP contribution is -2.01. The molecule has 0 bridgehead atoms. The molecule has 0 aromatic carbocycles. The minimum absolute atomic E-state index is 0.871. The van der Waals surface area contributed by atoms with Crippen LogP contribution >= 0.6 is 0 Å². The van der Waals surface area contributed by atoms with Crippen LogP contribution in [0.2, 0.25) is 0 Å². The molecule has 0 saturated carbocycles. The van der Waals surface area contributed by atoms with Crippen LogP contribution in [0, 0.1) is 6.85 Å². The molecule has 0 spiro atoms. The Bertz CT molecular complexity index is 597. The van der Waals surface area contributed by atoms with Gasteiger partial charge in [-0.25, -0.2) is 0 Å². The van der Waals surface area contributed by atoms with Crippen LogP contribution in [0.5, 0.6) is 0 Å². The van der Waals surface area contributed by atoms with Crippen LogP contribution < -0.4 is 5.73 Å². The van der Waals surface area contributed by atoms with E-state index in [1.165, 1.54) is 0 Å². The van der Waals surface area contributed by atoms with E-state index in [0.717, 1.165) is 0 Å². The number of nitrogens with zero attached hydrogens (tertiary/aromatic N) is 1. The molecule has 1 aromatic rings. The lowest BCUT2D eigenvalue weighted by molar-refractivity contribution is 0.825. The van der Waals surface area contributed by atoms with Gasteiger partial charge in [-0.1, -0.05) is 13.7 Å². The fraction of sp³-hybridized carbons (Fsp3) is 0.444. The van der Waals surface area contributed by atoms with Crippen molar-refractivity contribution in [3.8, 4) is 0 Å². The lowest BCUT2D eigenvalue weighted by atomic mass is 10.1. The first-order valence-corrected chi connectivity index (χ1v) is 2.74. The fourth-order valence-corrected chi connectivity index (χ4v) is 0.576. The summed E-state index contributed by atoms with van der Waals surface area (Å²) in [4.78, 5) is 3.35. The molecule has 0 atom stereocenters. The van der Waals surface area contributed by atoms with E-state index in [1.54, 1.807) is 0 Å². The van der Waals surface area contributed by atoms with Gasteiger partial charge in [-0.2, -0.15) is 0 Å². The molecule has 2 heteroatoms. The highest BCUT2D eigenvalue weighted by atomic mass is 14.7. The Morgan fingerprint density at radius 1 is 1.82 bits per heavy atom. The van der Waals surface area contributed by atoms with Gasteiger partial charge in [0, 0.05) is 19.9 Å². The van der Waals surface area contributed by atoms with Crippen LogP contribution in [0.15, 0.2) is 12.2 Å². The van der Waals surface area contributed by atoms with E-state index >= 15 is 0 Å². The van der Waals surface area contributed by atoms with Crippen LogP contribution in [0.3, 0.4) is 0 Å². The van der Waals surface area contributed by atoms with Crippen molar-refractivity contribution >= 4 is 5.69 Å². The zero-order valence-electron chi connectivity index (χ0n) is 17.5. The minimum atomic E-state index is -3.43. The Kier molecular flexibility index (Phi) is 0.437. The molecule has 2 N–H and O–H groups in total. The van der Waals surface area contributed by atoms with Crippen molar-refractivity contribution in [3.63, 3.8) is 0 Å². The SMILES string of the molecule is [2H]c1nc(C([2H])(C([2H])([2H])[2H])C([2H])([2H])[2H])c(N)c(C([2H])([2H])[2H])c1[2H]. The number of rotatable bonds is 1. The van der Waals surface area contributed by atoms with Gasteiger partial charge in [-0.15, -0.1) is 0 Å². The fourth-order valence-electron chi connectivity index (χ4n) is 0.576. The maximum Gasteiger partial charge on any atom is 0.0840 e. The predicted octanol–water partition coefficient (Wildman–Crippen LogP) is 2.10. The summed E-state index contributed by atoms with van der Waals surface area (Å²) in [6, 6.07) is -0.871. The van der Waals surface area contributed by atoms with Gasteiger partial charge in [0.2, 0.25) is 0 Å². The molecule has 60 valence electrons. The second-order valence-electron chi connectivity index (χ2n) is 1.86. The number of aromatic nitrogens is 1. The Morgan fingerprint density at radius 2 is 2.64 bits per heavy atom. The summed E-state index contributed by atoms with van der Waals surface area (Å²) in [5.74, 6) is -3.34. The van der Waals surface area contributed by atoms with E-state index in [0.29, 0.717) is 0 Å². The monoisotopic (exact) mass is 162 g/mol. The van der Waals surface area contributed by atoms with Gasteiger partial charge in [0.1, 0.15) is 0 Å². The molecule has 0 aliphatic rings. The molecule has 0 saturated heterocycles. The first-order valence-electron chi connectivity index (χ1n) is 8.74. The first-order chi connectivity index (χ1) is 9.96. The molecule has 0 amide bonds. The summed E-state index contributed by atoms with van der Waals surface area (Å²) in [7, 11) is 0. The van der Waals surface area contributed by atoms with Crippen LogP contribution in [-0.2, 0) is 0 Å². The number of nitrogen functional groups attached to an aromatic ring is 1. The Labute approximate surface area is 84.3 Å². The van der Waals surface area contributed by atoms with Gasteiger partial charge < -0.3 is 5.73 Å². The average Bonchev–Trinajstić information content (AvgIpc) is 2.28. The molecular weight excluding hydrogens is 136 g/mol. The topological polar surface area (TPSA) is 38.9 Å². The summed E-state index contributed by atoms with van der Waals surface area (Å²) in [5, 5.41) is 0. The lowest BCUT2D eigenvalue weighted by Gasteiger charge is -2.09. The minimum Gasteiger partial charge on any atom is -0.397 e. The molecule has 0 aliphatic heterocycles. The van der Waals surface area contributed by atoms with Gasteiger partial charge in [-0.05, 0) is 24.4 Å². The van der Waals surface area contributed by atoms with Crippen LogP contribution in [0.4, 0.5) is 5.69 Å². The van der Waals surface area contributed by atoms with Gasteiger partial charge in [-0.3, -0.25) is 4.98 Å². The molecule has 2 nitrogen and oxygen atoms in total. The van der Waals surface area contributed by atoms with Crippen LogP contribution in [-0.4, -0.2) is 4.98 Å². The van der Waals surface area contributed by atoms with Crippen molar-refractivity contribution in [3.05, 3.63) is 23.5 Å². The molecule has 0 fully saturated rings. The van der Waals surface area contributed by atoms with Gasteiger partial charge in [0.05, 0.1) is 14.1 Å². The van der Waals surface area contributed by atoms with Crippen LogP contribution in [0.25, 0.3) is 0 Å². The summed E-state index contributed by atoms with van der Waals surface area (Å²) in [6.07, 6.45) is -0.967. The second-order valence-corrected chi connectivity index (χ2v) is 1.86. The molecule has 0 radical (unpaired) electrons. The van der Waals surface area contributed by atoms with E-state index in [9.17, 15) is 0 Å². The van der Waals surface area contributed by atoms with Crippen molar-refractivity contribution in [2.45, 2.75) is 26.4 Å². The third kappa shape index (κ3) is 1.50. The number of pyridine rings is 1. The maximum atomic E-state index is 7.98. The highest BCUT2D eigenvalue weighted by Crippen LogP contribution is 2.21. The van der Waals surface area contributed by atoms with Crippen molar-refractivity contribution in [1.29, 1.82) is 0 Å². The van der Waals surface area contributed by atoms with Gasteiger partial charge in [0.15, 0.2) is 0 Å². The van der Waals surface area contributed by atoms with E-state index in [-0.39, 0.29) is 0 Å². The average molecular weight is 162 g/mol. The van der Waals surface area contributed by atoms with Crippen molar-refractivity contribution in [2.24, 2.45) is 0 Å². The first kappa shape index (κ1) is 1.65. The van der Waals surface area contributed by atoms with Crippen molar-refractivity contribution < 1.29 is 16.4 Å². The molecule has 0 unspecified atom stereocenters. The molecular formula is C9H14N2. The smallest absolute Gasteiger partial charge is 0.0840 e. The van der Waals surface area contributed by atoms with Gasteiger partial charge in [0.25, 0.3) is 0 Å². The quantitative estimate of drug-likeness (QED) is 0.686. The molecule has 1 heterocycles. The third-order valence-electron chi connectivity index (χ3n) is 1.11. The summed E-state index contributed by atoms with van der Waals surface area (Å²) in [6.45, 7) is -9.86. The standard InChI is InChI=1S/C9H14N2/c1-6(2)9-8(10)7(3)4-5-11-9/h4-6H,10H2,1-3H3/i1D3,2D3,3D3,4D,5D,6D. The molecule has 1 aromatic heterocycles. The molecule has 11 heavy (non-hydrogen) atoms. The second kappa shape index (κ2) is 2.91. The zero-order valence-corrected chi connectivity index (χ0v) is 5.52. The zero-order chi connectivity index (χ0) is 18.6. The highest BCUT2D eigenvalue weighted by Gasteiger charge is 2.05. The Morgan fingerprint density at radius 3 is 3.27 bits per heavy atom. The van der Waals surface area contributed by atoms with E-state index in [1.807, 2.05) is 0 Å². The molecule has 1 rings (SSSR count). The number of hydrogen-bond acceptors (Lipinski definition) is 2. The van der Waals surface area contributed by atoms with E-state index < -0.39 is 55.6 Å². The number of nitrogens with two attached hydrogens (primary N) is 1. The number of hydrogen-bond donors (Lipinski definition) is 1. The largest absolute Gasteiger partial charge is 0.397 e. The number of anilines is 1. The highest BCUT2D eigenvalue weighted by molar-refractivity contribution is 5.50. The van der Waals surface area contributed by atoms with E-state index in [4.69, 9.17) is 22.2 Å². The van der Waals surface area contributed by atoms with Gasteiger partial charge >= 0.3 is 0 Å². The summed E-state index contributed by atoms with van der Waals surface area (Å²) < 4.78 is 89.3. The third-order valence-corrected chi connectivity index (χ3v) is 1.11. The Balaban J connectivity index is 3.96. The van der Waals surface area contributed by atoms with Crippen molar-refractivity contribution in [1.82, 2.24) is 4.98 Å². The predicted molar refractivity (Wildman–Crippen MR) is 47.5 cm³/mol. The summed E-state index contributed by atoms with van der Waals surface area (Å²) >= 11 is 0. The van der Waals surface area contributed by atoms with E-state index in [2.05, 4.69) is 4.98 Å². The normalized spacial score (nSPS) is 30.9. The Hall–Kier alpha value is -1.05.